The minimum atomic E-state index is -0.999. The molecule has 4 atom stereocenters. The molecule has 1 aliphatic carbocycles. The average molecular weight is 323 g/mol. The van der Waals surface area contributed by atoms with Crippen LogP contribution >= 0.6 is 0 Å². The summed E-state index contributed by atoms with van der Waals surface area (Å²) in [5.74, 6) is -0.0862. The van der Waals surface area contributed by atoms with Crippen molar-refractivity contribution in [3.05, 3.63) is 48.0 Å². The summed E-state index contributed by atoms with van der Waals surface area (Å²) in [7, 11) is 0. The second kappa shape index (κ2) is 7.79. The van der Waals surface area contributed by atoms with Crippen molar-refractivity contribution in [2.75, 3.05) is 0 Å². The average Bonchev–Trinajstić information content (AvgIpc) is 2.62. The molecule has 0 N–H and O–H groups in total. The van der Waals surface area contributed by atoms with Gasteiger partial charge in [0, 0.05) is 5.92 Å². The molecule has 0 aliphatic heterocycles. The molecule has 1 nitrogen and oxygen atoms in total. The lowest BCUT2D eigenvalue weighted by atomic mass is 9.66. The van der Waals surface area contributed by atoms with Crippen LogP contribution in [0.1, 0.15) is 56.9 Å². The fraction of sp³-hybridized carbons (Fsp3) is 0.500. The first-order valence-corrected chi connectivity index (χ1v) is 9.27. The Morgan fingerprint density at radius 3 is 2.67 bits per heavy atom. The maximum absolute atomic E-state index is 14.5. The molecule has 4 unspecified atom stereocenters. The van der Waals surface area contributed by atoms with E-state index in [1.807, 2.05) is 12.1 Å². The fourth-order valence-corrected chi connectivity index (χ4v) is 4.38. The summed E-state index contributed by atoms with van der Waals surface area (Å²) >= 11 is 0. The maximum Gasteiger partial charge on any atom is 0.116 e. The first-order valence-electron chi connectivity index (χ1n) is 9.27. The Labute approximate surface area is 144 Å². The molecular weight excluding hydrogens is 297 g/mol. The summed E-state index contributed by atoms with van der Waals surface area (Å²) in [6.07, 6.45) is 5.13. The van der Waals surface area contributed by atoms with Crippen molar-refractivity contribution in [1.82, 2.24) is 0 Å². The highest BCUT2D eigenvalue weighted by atomic mass is 19.1. The minimum Gasteiger partial charge on any atom is -0.246 e. The zero-order valence-electron chi connectivity index (χ0n) is 14.4. The Hall–Kier alpha value is -1.88. The van der Waals surface area contributed by atoms with Crippen LogP contribution in [0.5, 0.6) is 0 Å². The third kappa shape index (κ3) is 3.31. The van der Waals surface area contributed by atoms with Crippen molar-refractivity contribution >= 4 is 10.8 Å². The molecule has 2 aromatic carbocycles. The predicted octanol–water partition coefficient (Wildman–Crippen LogP) is 6.39. The lowest BCUT2D eigenvalue weighted by Gasteiger charge is -2.38. The van der Waals surface area contributed by atoms with Crippen LogP contribution in [0.3, 0.4) is 0 Å². The largest absolute Gasteiger partial charge is 0.246 e. The smallest absolute Gasteiger partial charge is 0.116 e. The molecule has 1 aliphatic rings. The zero-order chi connectivity index (χ0) is 16.9. The summed E-state index contributed by atoms with van der Waals surface area (Å²) in [5.41, 5.74) is 1.17. The van der Waals surface area contributed by atoms with Crippen LogP contribution in [0, 0.1) is 23.2 Å². The SMILES string of the molecule is CCCCCC1CCC(F)C(C#N)C1c1cccc2ccccc12. The molecule has 0 spiro atoms. The lowest BCUT2D eigenvalue weighted by Crippen LogP contribution is -2.33. The summed E-state index contributed by atoms with van der Waals surface area (Å²) in [5, 5.41) is 12.0. The molecule has 0 heterocycles. The number of rotatable bonds is 5. The van der Waals surface area contributed by atoms with E-state index in [1.54, 1.807) is 0 Å². The van der Waals surface area contributed by atoms with Gasteiger partial charge >= 0.3 is 0 Å². The van der Waals surface area contributed by atoms with Gasteiger partial charge in [0.05, 0.1) is 12.0 Å². The van der Waals surface area contributed by atoms with Crippen LogP contribution in [0.2, 0.25) is 0 Å². The molecule has 0 amide bonds. The van der Waals surface area contributed by atoms with E-state index in [4.69, 9.17) is 0 Å². The molecule has 1 saturated carbocycles. The van der Waals surface area contributed by atoms with Crippen molar-refractivity contribution in [2.24, 2.45) is 11.8 Å². The third-order valence-corrected chi connectivity index (χ3v) is 5.61. The van der Waals surface area contributed by atoms with Gasteiger partial charge in [-0.2, -0.15) is 5.26 Å². The van der Waals surface area contributed by atoms with Crippen molar-refractivity contribution in [2.45, 2.75) is 57.5 Å². The minimum absolute atomic E-state index is 0.0155. The Balaban J connectivity index is 2.01. The quantitative estimate of drug-likeness (QED) is 0.585. The lowest BCUT2D eigenvalue weighted by molar-refractivity contribution is 0.129. The Morgan fingerprint density at radius 1 is 1.08 bits per heavy atom. The molecule has 3 rings (SSSR count). The highest BCUT2D eigenvalue weighted by molar-refractivity contribution is 5.86. The van der Waals surface area contributed by atoms with Crippen LogP contribution in [-0.2, 0) is 0 Å². The summed E-state index contributed by atoms with van der Waals surface area (Å²) in [6, 6.07) is 16.9. The Morgan fingerprint density at radius 2 is 1.88 bits per heavy atom. The van der Waals surface area contributed by atoms with Gasteiger partial charge in [-0.15, -0.1) is 0 Å². The summed E-state index contributed by atoms with van der Waals surface area (Å²) < 4.78 is 14.5. The Kier molecular flexibility index (Phi) is 5.51. The van der Waals surface area contributed by atoms with Crippen molar-refractivity contribution in [3.8, 4) is 6.07 Å². The number of hydrogen-bond acceptors (Lipinski definition) is 1. The van der Waals surface area contributed by atoms with E-state index < -0.39 is 12.1 Å². The Bertz CT molecular complexity index is 712. The van der Waals surface area contributed by atoms with Gasteiger partial charge in [0.2, 0.25) is 0 Å². The fourth-order valence-electron chi connectivity index (χ4n) is 4.38. The molecule has 0 radical (unpaired) electrons. The molecule has 0 bridgehead atoms. The highest BCUT2D eigenvalue weighted by Crippen LogP contribution is 2.47. The number of benzene rings is 2. The molecule has 2 aromatic rings. The van der Waals surface area contributed by atoms with Gasteiger partial charge in [0.25, 0.3) is 0 Å². The first-order chi connectivity index (χ1) is 11.8. The van der Waals surface area contributed by atoms with Gasteiger partial charge < -0.3 is 0 Å². The predicted molar refractivity (Wildman–Crippen MR) is 97.6 cm³/mol. The van der Waals surface area contributed by atoms with Crippen LogP contribution in [-0.4, -0.2) is 6.17 Å². The summed E-state index contributed by atoms with van der Waals surface area (Å²) in [4.78, 5) is 0. The third-order valence-electron chi connectivity index (χ3n) is 5.61. The van der Waals surface area contributed by atoms with Crippen LogP contribution in [0.4, 0.5) is 4.39 Å². The van der Waals surface area contributed by atoms with Gasteiger partial charge in [0.1, 0.15) is 6.17 Å². The van der Waals surface area contributed by atoms with E-state index in [1.165, 1.54) is 35.6 Å². The van der Waals surface area contributed by atoms with E-state index in [9.17, 15) is 9.65 Å². The molecule has 1 fully saturated rings. The van der Waals surface area contributed by atoms with Crippen LogP contribution < -0.4 is 0 Å². The number of hydrogen-bond donors (Lipinski definition) is 0. The number of nitriles is 1. The normalized spacial score (nSPS) is 27.0. The highest BCUT2D eigenvalue weighted by Gasteiger charge is 2.40. The zero-order valence-corrected chi connectivity index (χ0v) is 14.4. The number of fused-ring (bicyclic) bond motifs is 1. The molecular formula is C22H26FN. The molecule has 0 aromatic heterocycles. The number of unbranched alkanes of at least 4 members (excludes halogenated alkanes) is 2. The first kappa shape index (κ1) is 17.0. The van der Waals surface area contributed by atoms with Crippen molar-refractivity contribution < 1.29 is 4.39 Å². The van der Waals surface area contributed by atoms with E-state index in [2.05, 4.69) is 43.3 Å². The van der Waals surface area contributed by atoms with E-state index in [-0.39, 0.29) is 5.92 Å². The van der Waals surface area contributed by atoms with E-state index >= 15 is 0 Å². The maximum atomic E-state index is 14.5. The summed E-state index contributed by atoms with van der Waals surface area (Å²) in [6.45, 7) is 2.21. The van der Waals surface area contributed by atoms with Gasteiger partial charge in [-0.1, -0.05) is 68.7 Å². The van der Waals surface area contributed by atoms with Gasteiger partial charge in [-0.05, 0) is 41.5 Å². The second-order valence-electron chi connectivity index (χ2n) is 7.10. The molecule has 0 saturated heterocycles. The van der Waals surface area contributed by atoms with Crippen molar-refractivity contribution in [1.29, 1.82) is 5.26 Å². The van der Waals surface area contributed by atoms with Gasteiger partial charge in [0.15, 0.2) is 0 Å². The number of nitrogens with zero attached hydrogens (tertiary/aromatic N) is 1. The van der Waals surface area contributed by atoms with Crippen LogP contribution in [0.25, 0.3) is 10.8 Å². The second-order valence-corrected chi connectivity index (χ2v) is 7.10. The monoisotopic (exact) mass is 323 g/mol. The number of alkyl halides is 1. The van der Waals surface area contributed by atoms with Gasteiger partial charge in [-0.25, -0.2) is 4.39 Å². The molecule has 2 heteroatoms. The van der Waals surface area contributed by atoms with E-state index in [0.29, 0.717) is 12.3 Å². The van der Waals surface area contributed by atoms with Gasteiger partial charge in [-0.3, -0.25) is 0 Å². The molecule has 126 valence electrons. The molecule has 24 heavy (non-hydrogen) atoms. The number of halogens is 1. The topological polar surface area (TPSA) is 23.8 Å². The van der Waals surface area contributed by atoms with Crippen molar-refractivity contribution in [3.63, 3.8) is 0 Å². The standard InChI is InChI=1S/C22H26FN/c1-2-3-4-9-17-13-14-21(23)20(15-24)22(17)19-12-7-10-16-8-5-6-11-18(16)19/h5-8,10-12,17,20-22H,2-4,9,13-14H2,1H3. The van der Waals surface area contributed by atoms with E-state index in [0.717, 1.165) is 12.8 Å². The van der Waals surface area contributed by atoms with Crippen LogP contribution in [0.15, 0.2) is 42.5 Å².